The first-order valence-corrected chi connectivity index (χ1v) is 10.4. The first-order chi connectivity index (χ1) is 14.2. The van der Waals surface area contributed by atoms with Crippen LogP contribution in [-0.2, 0) is 11.2 Å². The summed E-state index contributed by atoms with van der Waals surface area (Å²) in [5.74, 6) is 0.920. The van der Waals surface area contributed by atoms with E-state index in [0.29, 0.717) is 13.0 Å². The summed E-state index contributed by atoms with van der Waals surface area (Å²) >= 11 is 0. The number of aromatic nitrogens is 1. The summed E-state index contributed by atoms with van der Waals surface area (Å²) in [5.41, 5.74) is 4.45. The first kappa shape index (κ1) is 19.5. The highest BCUT2D eigenvalue weighted by atomic mass is 16.5. The third-order valence-corrected chi connectivity index (χ3v) is 5.94. The summed E-state index contributed by atoms with van der Waals surface area (Å²) in [6.07, 6.45) is 2.83. The Morgan fingerprint density at radius 1 is 1.14 bits per heavy atom. The third-order valence-electron chi connectivity index (χ3n) is 5.94. The van der Waals surface area contributed by atoms with Crippen molar-refractivity contribution in [1.82, 2.24) is 15.2 Å². The quantitative estimate of drug-likeness (QED) is 0.640. The second kappa shape index (κ2) is 8.70. The van der Waals surface area contributed by atoms with E-state index in [0.717, 1.165) is 41.0 Å². The van der Waals surface area contributed by atoms with Gasteiger partial charge in [-0.2, -0.15) is 0 Å². The summed E-state index contributed by atoms with van der Waals surface area (Å²) in [5, 5.41) is 4.32. The van der Waals surface area contributed by atoms with E-state index in [1.54, 1.807) is 7.11 Å². The van der Waals surface area contributed by atoms with Crippen LogP contribution >= 0.6 is 0 Å². The molecule has 3 aromatic rings. The summed E-state index contributed by atoms with van der Waals surface area (Å²) in [6, 6.07) is 16.6. The van der Waals surface area contributed by atoms with E-state index in [9.17, 15) is 4.79 Å². The molecule has 2 aromatic carbocycles. The molecule has 1 saturated heterocycles. The summed E-state index contributed by atoms with van der Waals surface area (Å²) in [4.78, 5) is 18.6. The Bertz CT molecular complexity index is 971. The SMILES string of the molecule is COc1ccc(C(CNC(=O)Cc2c(C)[nH]c3ccccc23)N2CCCC2)cc1. The Kier molecular flexibility index (Phi) is 5.86. The van der Waals surface area contributed by atoms with E-state index in [1.165, 1.54) is 18.4 Å². The Hall–Kier alpha value is -2.79. The molecule has 0 radical (unpaired) electrons. The van der Waals surface area contributed by atoms with Crippen LogP contribution in [0.1, 0.15) is 35.7 Å². The van der Waals surface area contributed by atoms with Crippen LogP contribution in [0.5, 0.6) is 5.75 Å². The van der Waals surface area contributed by atoms with Crippen molar-refractivity contribution < 1.29 is 9.53 Å². The predicted molar refractivity (Wildman–Crippen MR) is 116 cm³/mol. The maximum Gasteiger partial charge on any atom is 0.224 e. The number of nitrogens with zero attached hydrogens (tertiary/aromatic N) is 1. The molecule has 0 bridgehead atoms. The van der Waals surface area contributed by atoms with Gasteiger partial charge in [-0.05, 0) is 62.2 Å². The number of aryl methyl sites for hydroxylation is 1. The van der Waals surface area contributed by atoms with Crippen LogP contribution in [0.2, 0.25) is 0 Å². The maximum atomic E-state index is 12.8. The second-order valence-corrected chi connectivity index (χ2v) is 7.79. The van der Waals surface area contributed by atoms with Gasteiger partial charge in [0.15, 0.2) is 0 Å². The van der Waals surface area contributed by atoms with Crippen LogP contribution in [0.4, 0.5) is 0 Å². The zero-order valence-electron chi connectivity index (χ0n) is 17.2. The van der Waals surface area contributed by atoms with Gasteiger partial charge in [0.2, 0.25) is 5.91 Å². The molecule has 1 aliphatic heterocycles. The van der Waals surface area contributed by atoms with Gasteiger partial charge in [0.05, 0.1) is 19.6 Å². The molecule has 4 rings (SSSR count). The number of hydrogen-bond donors (Lipinski definition) is 2. The molecule has 2 heterocycles. The molecular weight excluding hydrogens is 362 g/mol. The number of H-pyrrole nitrogens is 1. The van der Waals surface area contributed by atoms with Crippen molar-refractivity contribution >= 4 is 16.8 Å². The maximum absolute atomic E-state index is 12.8. The number of para-hydroxylation sites is 1. The fraction of sp³-hybridized carbons (Fsp3) is 0.375. The third kappa shape index (κ3) is 4.30. The van der Waals surface area contributed by atoms with Crippen molar-refractivity contribution in [3.63, 3.8) is 0 Å². The van der Waals surface area contributed by atoms with Crippen LogP contribution in [0, 0.1) is 6.92 Å². The number of methoxy groups -OCH3 is 1. The van der Waals surface area contributed by atoms with Crippen LogP contribution in [0.25, 0.3) is 10.9 Å². The van der Waals surface area contributed by atoms with Gasteiger partial charge in [-0.25, -0.2) is 0 Å². The molecule has 5 heteroatoms. The number of likely N-dealkylation sites (tertiary alicyclic amines) is 1. The van der Waals surface area contributed by atoms with Crippen molar-refractivity contribution in [3.05, 3.63) is 65.4 Å². The van der Waals surface area contributed by atoms with E-state index in [4.69, 9.17) is 4.74 Å². The molecule has 0 aliphatic carbocycles. The molecule has 1 amide bonds. The molecule has 0 saturated carbocycles. The monoisotopic (exact) mass is 391 g/mol. The lowest BCUT2D eigenvalue weighted by molar-refractivity contribution is -0.120. The van der Waals surface area contributed by atoms with Crippen LogP contribution in [0.3, 0.4) is 0 Å². The highest BCUT2D eigenvalue weighted by Crippen LogP contribution is 2.27. The number of amides is 1. The Balaban J connectivity index is 1.46. The van der Waals surface area contributed by atoms with Crippen molar-refractivity contribution in [2.75, 3.05) is 26.7 Å². The van der Waals surface area contributed by atoms with E-state index in [2.05, 4.69) is 39.5 Å². The Morgan fingerprint density at radius 3 is 2.59 bits per heavy atom. The zero-order chi connectivity index (χ0) is 20.2. The van der Waals surface area contributed by atoms with E-state index >= 15 is 0 Å². The fourth-order valence-electron chi connectivity index (χ4n) is 4.33. The molecular formula is C24H29N3O2. The molecule has 1 unspecified atom stereocenters. The fourth-order valence-corrected chi connectivity index (χ4v) is 4.33. The van der Waals surface area contributed by atoms with Crippen LogP contribution in [0.15, 0.2) is 48.5 Å². The van der Waals surface area contributed by atoms with Crippen LogP contribution < -0.4 is 10.1 Å². The topological polar surface area (TPSA) is 57.4 Å². The minimum atomic E-state index is 0.0653. The molecule has 1 atom stereocenters. The van der Waals surface area contributed by atoms with Gasteiger partial charge in [0, 0.05) is 23.1 Å². The first-order valence-electron chi connectivity index (χ1n) is 10.4. The Morgan fingerprint density at radius 2 is 1.86 bits per heavy atom. The van der Waals surface area contributed by atoms with E-state index in [-0.39, 0.29) is 11.9 Å². The van der Waals surface area contributed by atoms with Gasteiger partial charge in [0.25, 0.3) is 0 Å². The average Bonchev–Trinajstić information content (AvgIpc) is 3.37. The number of carbonyl (C=O) groups excluding carboxylic acids is 1. The van der Waals surface area contributed by atoms with Crippen molar-refractivity contribution in [2.24, 2.45) is 0 Å². The van der Waals surface area contributed by atoms with Gasteiger partial charge in [-0.1, -0.05) is 30.3 Å². The van der Waals surface area contributed by atoms with Crippen LogP contribution in [-0.4, -0.2) is 42.5 Å². The number of rotatable bonds is 7. The predicted octanol–water partition coefficient (Wildman–Crippen LogP) is 3.98. The number of ether oxygens (including phenoxy) is 1. The van der Waals surface area contributed by atoms with Crippen molar-refractivity contribution in [2.45, 2.75) is 32.2 Å². The zero-order valence-corrected chi connectivity index (χ0v) is 17.2. The highest BCUT2D eigenvalue weighted by Gasteiger charge is 2.24. The highest BCUT2D eigenvalue weighted by molar-refractivity contribution is 5.90. The lowest BCUT2D eigenvalue weighted by Gasteiger charge is -2.28. The molecule has 1 fully saturated rings. The van der Waals surface area contributed by atoms with Crippen molar-refractivity contribution in [3.8, 4) is 5.75 Å². The molecule has 5 nitrogen and oxygen atoms in total. The van der Waals surface area contributed by atoms with E-state index < -0.39 is 0 Å². The number of nitrogens with one attached hydrogen (secondary N) is 2. The summed E-state index contributed by atoms with van der Waals surface area (Å²) in [6.45, 7) is 4.81. The molecule has 152 valence electrons. The standard InChI is InChI=1S/C24H29N3O2/c1-17-21(20-7-3-4-8-22(20)26-17)15-24(28)25-16-23(27-13-5-6-14-27)18-9-11-19(29-2)12-10-18/h3-4,7-12,23,26H,5-6,13-16H2,1-2H3,(H,25,28). The number of hydrogen-bond acceptors (Lipinski definition) is 3. The average molecular weight is 392 g/mol. The van der Waals surface area contributed by atoms with Gasteiger partial charge in [-0.15, -0.1) is 0 Å². The van der Waals surface area contributed by atoms with Gasteiger partial charge >= 0.3 is 0 Å². The number of aromatic amines is 1. The second-order valence-electron chi connectivity index (χ2n) is 7.79. The van der Waals surface area contributed by atoms with Gasteiger partial charge in [-0.3, -0.25) is 9.69 Å². The summed E-state index contributed by atoms with van der Waals surface area (Å²) < 4.78 is 5.29. The largest absolute Gasteiger partial charge is 0.497 e. The molecule has 0 spiro atoms. The number of fused-ring (bicyclic) bond motifs is 1. The normalized spacial score (nSPS) is 15.5. The summed E-state index contributed by atoms with van der Waals surface area (Å²) in [7, 11) is 1.68. The van der Waals surface area contributed by atoms with E-state index in [1.807, 2.05) is 31.2 Å². The lowest BCUT2D eigenvalue weighted by atomic mass is 10.0. The minimum absolute atomic E-state index is 0.0653. The molecule has 1 aromatic heterocycles. The smallest absolute Gasteiger partial charge is 0.224 e. The van der Waals surface area contributed by atoms with Gasteiger partial charge < -0.3 is 15.0 Å². The molecule has 2 N–H and O–H groups in total. The van der Waals surface area contributed by atoms with Gasteiger partial charge in [0.1, 0.15) is 5.75 Å². The lowest BCUT2D eigenvalue weighted by Crippen LogP contribution is -2.37. The molecule has 1 aliphatic rings. The minimum Gasteiger partial charge on any atom is -0.497 e. The van der Waals surface area contributed by atoms with Crippen molar-refractivity contribution in [1.29, 1.82) is 0 Å². The number of benzene rings is 2. The molecule has 29 heavy (non-hydrogen) atoms. The Labute approximate surface area is 172 Å². The number of carbonyl (C=O) groups is 1.